The second-order valence-corrected chi connectivity index (χ2v) is 7.88. The summed E-state index contributed by atoms with van der Waals surface area (Å²) in [6.07, 6.45) is 0.124. The molecule has 2 aliphatic heterocycles. The van der Waals surface area contributed by atoms with Gasteiger partial charge in [0.15, 0.2) is 11.5 Å². The standard InChI is InChI=1S/C18H18N2O5S/c21-18-10-13(12-20(18)14-4-2-1-3-5-14)19-26(22,23)15-6-7-16-17(11-15)25-9-8-24-16/h1-7,11,13,19H,8-10,12H2/t13-/m1/s1. The van der Waals surface area contributed by atoms with Gasteiger partial charge in [0.05, 0.1) is 4.90 Å². The van der Waals surface area contributed by atoms with E-state index in [2.05, 4.69) is 4.72 Å². The molecule has 0 aliphatic carbocycles. The minimum absolute atomic E-state index is 0.0901. The Morgan fingerprint density at radius 3 is 2.50 bits per heavy atom. The van der Waals surface area contributed by atoms with Gasteiger partial charge in [-0.1, -0.05) is 18.2 Å². The van der Waals surface area contributed by atoms with Crippen LogP contribution < -0.4 is 19.1 Å². The van der Waals surface area contributed by atoms with E-state index in [4.69, 9.17) is 9.47 Å². The van der Waals surface area contributed by atoms with Crippen LogP contribution in [0.5, 0.6) is 11.5 Å². The molecule has 1 atom stereocenters. The van der Waals surface area contributed by atoms with Gasteiger partial charge in [0, 0.05) is 30.8 Å². The van der Waals surface area contributed by atoms with Crippen molar-refractivity contribution < 1.29 is 22.7 Å². The third-order valence-electron chi connectivity index (χ3n) is 4.34. The van der Waals surface area contributed by atoms with Crippen molar-refractivity contribution in [3.8, 4) is 11.5 Å². The highest BCUT2D eigenvalue weighted by atomic mass is 32.2. The molecule has 26 heavy (non-hydrogen) atoms. The van der Waals surface area contributed by atoms with E-state index < -0.39 is 16.1 Å². The predicted octanol–water partition coefficient (Wildman–Crippen LogP) is 1.54. The Hall–Kier alpha value is -2.58. The van der Waals surface area contributed by atoms with Crippen molar-refractivity contribution in [2.45, 2.75) is 17.4 Å². The van der Waals surface area contributed by atoms with Crippen LogP contribution in [0.1, 0.15) is 6.42 Å². The fourth-order valence-electron chi connectivity index (χ4n) is 3.12. The molecule has 0 unspecified atom stereocenters. The van der Waals surface area contributed by atoms with E-state index in [0.29, 0.717) is 31.3 Å². The molecule has 0 spiro atoms. The van der Waals surface area contributed by atoms with Crippen LogP contribution in [0.15, 0.2) is 53.4 Å². The molecule has 2 aromatic rings. The molecule has 4 rings (SSSR count). The van der Waals surface area contributed by atoms with Crippen molar-refractivity contribution in [2.75, 3.05) is 24.7 Å². The Balaban J connectivity index is 1.51. The largest absolute Gasteiger partial charge is 0.486 e. The van der Waals surface area contributed by atoms with E-state index in [9.17, 15) is 13.2 Å². The van der Waals surface area contributed by atoms with Gasteiger partial charge in [-0.3, -0.25) is 4.79 Å². The number of fused-ring (bicyclic) bond motifs is 1. The average Bonchev–Trinajstić information content (AvgIpc) is 3.01. The molecule has 7 nitrogen and oxygen atoms in total. The number of carbonyl (C=O) groups excluding carboxylic acids is 1. The van der Waals surface area contributed by atoms with E-state index in [1.807, 2.05) is 30.3 Å². The molecule has 1 saturated heterocycles. The number of nitrogens with one attached hydrogen (secondary N) is 1. The minimum Gasteiger partial charge on any atom is -0.486 e. The maximum Gasteiger partial charge on any atom is 0.241 e. The fraction of sp³-hybridized carbons (Fsp3) is 0.278. The number of carbonyl (C=O) groups is 1. The van der Waals surface area contributed by atoms with Crippen LogP contribution in [0.2, 0.25) is 0 Å². The van der Waals surface area contributed by atoms with E-state index in [1.54, 1.807) is 11.0 Å². The van der Waals surface area contributed by atoms with Gasteiger partial charge in [-0.25, -0.2) is 13.1 Å². The summed E-state index contributed by atoms with van der Waals surface area (Å²) in [6.45, 7) is 1.12. The molecule has 0 saturated carbocycles. The molecule has 0 bridgehead atoms. The topological polar surface area (TPSA) is 84.9 Å². The second kappa shape index (κ2) is 6.62. The lowest BCUT2D eigenvalue weighted by atomic mass is 10.3. The van der Waals surface area contributed by atoms with Crippen molar-refractivity contribution in [3.63, 3.8) is 0 Å². The van der Waals surface area contributed by atoms with Crippen LogP contribution in [-0.2, 0) is 14.8 Å². The zero-order chi connectivity index (χ0) is 18.1. The molecular formula is C18H18N2O5S. The summed E-state index contributed by atoms with van der Waals surface area (Å²) >= 11 is 0. The van der Waals surface area contributed by atoms with Crippen molar-refractivity contribution in [2.24, 2.45) is 0 Å². The lowest BCUT2D eigenvalue weighted by molar-refractivity contribution is -0.117. The lowest BCUT2D eigenvalue weighted by Gasteiger charge is -2.20. The molecule has 0 aromatic heterocycles. The highest BCUT2D eigenvalue weighted by Crippen LogP contribution is 2.32. The summed E-state index contributed by atoms with van der Waals surface area (Å²) in [5.41, 5.74) is 0.763. The van der Waals surface area contributed by atoms with E-state index in [0.717, 1.165) is 5.69 Å². The maximum atomic E-state index is 12.7. The number of hydrogen-bond donors (Lipinski definition) is 1. The van der Waals surface area contributed by atoms with Gasteiger partial charge in [0.25, 0.3) is 0 Å². The van der Waals surface area contributed by atoms with Gasteiger partial charge in [-0.2, -0.15) is 0 Å². The average molecular weight is 374 g/mol. The third-order valence-corrected chi connectivity index (χ3v) is 5.86. The zero-order valence-electron chi connectivity index (χ0n) is 13.9. The predicted molar refractivity (Wildman–Crippen MR) is 95.0 cm³/mol. The summed E-state index contributed by atoms with van der Waals surface area (Å²) in [5.74, 6) is 0.833. The number of hydrogen-bond acceptors (Lipinski definition) is 5. The van der Waals surface area contributed by atoms with Gasteiger partial charge < -0.3 is 14.4 Å². The molecule has 136 valence electrons. The molecule has 0 radical (unpaired) electrons. The molecular weight excluding hydrogens is 356 g/mol. The number of amides is 1. The van der Waals surface area contributed by atoms with Gasteiger partial charge in [-0.15, -0.1) is 0 Å². The maximum absolute atomic E-state index is 12.7. The van der Waals surface area contributed by atoms with E-state index in [1.165, 1.54) is 12.1 Å². The van der Waals surface area contributed by atoms with E-state index in [-0.39, 0.29) is 17.2 Å². The Bertz CT molecular complexity index is 930. The molecule has 1 N–H and O–H groups in total. The summed E-state index contributed by atoms with van der Waals surface area (Å²) in [5, 5.41) is 0. The molecule has 1 fully saturated rings. The number of rotatable bonds is 4. The number of anilines is 1. The quantitative estimate of drug-likeness (QED) is 0.878. The van der Waals surface area contributed by atoms with Gasteiger partial charge >= 0.3 is 0 Å². The molecule has 2 heterocycles. The Kier molecular flexibility index (Phi) is 4.29. The number of sulfonamides is 1. The fourth-order valence-corrected chi connectivity index (χ4v) is 4.36. The van der Waals surface area contributed by atoms with Crippen LogP contribution >= 0.6 is 0 Å². The summed E-state index contributed by atoms with van der Waals surface area (Å²) in [7, 11) is -3.77. The molecule has 8 heteroatoms. The minimum atomic E-state index is -3.77. The van der Waals surface area contributed by atoms with E-state index >= 15 is 0 Å². The highest BCUT2D eigenvalue weighted by molar-refractivity contribution is 7.89. The molecule has 2 aliphatic rings. The number of para-hydroxylation sites is 1. The van der Waals surface area contributed by atoms with Crippen molar-refractivity contribution in [3.05, 3.63) is 48.5 Å². The van der Waals surface area contributed by atoms with Crippen molar-refractivity contribution in [1.82, 2.24) is 4.72 Å². The third kappa shape index (κ3) is 3.25. The second-order valence-electron chi connectivity index (χ2n) is 6.17. The van der Waals surface area contributed by atoms with Crippen molar-refractivity contribution >= 4 is 21.6 Å². The number of ether oxygens (including phenoxy) is 2. The molecule has 2 aromatic carbocycles. The first-order valence-electron chi connectivity index (χ1n) is 8.30. The monoisotopic (exact) mass is 374 g/mol. The van der Waals surface area contributed by atoms with Gasteiger partial charge in [0.2, 0.25) is 15.9 Å². The van der Waals surface area contributed by atoms with Crippen LogP contribution in [0.4, 0.5) is 5.69 Å². The van der Waals surface area contributed by atoms with Crippen LogP contribution in [0.3, 0.4) is 0 Å². The van der Waals surface area contributed by atoms with Gasteiger partial charge in [-0.05, 0) is 24.3 Å². The Morgan fingerprint density at radius 2 is 1.73 bits per heavy atom. The highest BCUT2D eigenvalue weighted by Gasteiger charge is 2.33. The normalized spacial score (nSPS) is 19.6. The smallest absolute Gasteiger partial charge is 0.241 e. The van der Waals surface area contributed by atoms with Crippen LogP contribution in [0, 0.1) is 0 Å². The number of benzene rings is 2. The first-order chi connectivity index (χ1) is 12.5. The van der Waals surface area contributed by atoms with Crippen LogP contribution in [-0.4, -0.2) is 40.1 Å². The first-order valence-corrected chi connectivity index (χ1v) is 9.79. The summed E-state index contributed by atoms with van der Waals surface area (Å²) < 4.78 is 38.8. The van der Waals surface area contributed by atoms with Crippen LogP contribution in [0.25, 0.3) is 0 Å². The number of nitrogens with zero attached hydrogens (tertiary/aromatic N) is 1. The SMILES string of the molecule is O=C1C[C@@H](NS(=O)(=O)c2ccc3c(c2)OCCO3)CN1c1ccccc1. The Labute approximate surface area is 151 Å². The van der Waals surface area contributed by atoms with Crippen molar-refractivity contribution in [1.29, 1.82) is 0 Å². The van der Waals surface area contributed by atoms with Gasteiger partial charge in [0.1, 0.15) is 13.2 Å². The lowest BCUT2D eigenvalue weighted by Crippen LogP contribution is -2.37. The summed E-state index contributed by atoms with van der Waals surface area (Å²) in [6, 6.07) is 13.2. The first kappa shape index (κ1) is 16.9. The molecule has 1 amide bonds. The summed E-state index contributed by atoms with van der Waals surface area (Å²) in [4.78, 5) is 13.9. The zero-order valence-corrected chi connectivity index (χ0v) is 14.7. The Morgan fingerprint density at radius 1 is 1.00 bits per heavy atom.